The van der Waals surface area contributed by atoms with Crippen LogP contribution in [0.2, 0.25) is 5.02 Å². The van der Waals surface area contributed by atoms with Crippen LogP contribution in [0.25, 0.3) is 0 Å². The van der Waals surface area contributed by atoms with Crippen molar-refractivity contribution in [3.05, 3.63) is 86.8 Å². The minimum absolute atomic E-state index is 0.0654. The topological polar surface area (TPSA) is 49.9 Å². The fourth-order valence-corrected chi connectivity index (χ4v) is 5.53. The first-order chi connectivity index (χ1) is 17.4. The molecule has 2 unspecified atom stereocenters. The number of benzene rings is 2. The minimum Gasteiger partial charge on any atom is -0.488 e. The Morgan fingerprint density at radius 2 is 1.94 bits per heavy atom. The fourth-order valence-electron chi connectivity index (χ4n) is 4.39. The highest BCUT2D eigenvalue weighted by Crippen LogP contribution is 2.34. The Kier molecular flexibility index (Phi) is 8.64. The number of halogens is 2. The van der Waals surface area contributed by atoms with Crippen LogP contribution in [-0.4, -0.2) is 47.9 Å². The number of ether oxygens (including phenoxy) is 1. The zero-order valence-corrected chi connectivity index (χ0v) is 22.0. The van der Waals surface area contributed by atoms with Gasteiger partial charge in [-0.3, -0.25) is 9.59 Å². The van der Waals surface area contributed by atoms with Crippen molar-refractivity contribution in [2.24, 2.45) is 5.92 Å². The molecule has 8 heteroatoms. The standard InChI is InChI=1S/C28H30ClFN2O3S/c1-3-19(2)16-31(28(34)20-8-4-5-9-22(20)29)17-27(33)32-14-12-26-21(13-15-36-26)24(32)18-35-25-11-7-6-10-23(25)30/h4-11,13,15,19,24H,3,12,14,16-18H2,1-2H3. The number of hydrogen-bond donors (Lipinski definition) is 0. The number of hydrogen-bond acceptors (Lipinski definition) is 4. The summed E-state index contributed by atoms with van der Waals surface area (Å²) in [5.74, 6) is -0.505. The smallest absolute Gasteiger partial charge is 0.255 e. The van der Waals surface area contributed by atoms with E-state index in [1.165, 1.54) is 10.9 Å². The van der Waals surface area contributed by atoms with Crippen LogP contribution >= 0.6 is 22.9 Å². The molecule has 5 nitrogen and oxygen atoms in total. The Morgan fingerprint density at radius 1 is 1.19 bits per heavy atom. The summed E-state index contributed by atoms with van der Waals surface area (Å²) in [7, 11) is 0. The first kappa shape index (κ1) is 26.2. The van der Waals surface area contributed by atoms with Gasteiger partial charge in [0, 0.05) is 18.0 Å². The number of amides is 2. The summed E-state index contributed by atoms with van der Waals surface area (Å²) in [4.78, 5) is 31.7. The Hall–Kier alpha value is -2.90. The second kappa shape index (κ2) is 11.9. The van der Waals surface area contributed by atoms with E-state index in [-0.39, 0.29) is 42.7 Å². The second-order valence-electron chi connectivity index (χ2n) is 9.07. The quantitative estimate of drug-likeness (QED) is 0.330. The first-order valence-corrected chi connectivity index (χ1v) is 13.4. The monoisotopic (exact) mass is 528 g/mol. The van der Waals surface area contributed by atoms with Gasteiger partial charge in [0.1, 0.15) is 13.2 Å². The number of thiophene rings is 1. The van der Waals surface area contributed by atoms with Crippen LogP contribution < -0.4 is 4.74 Å². The van der Waals surface area contributed by atoms with E-state index in [0.29, 0.717) is 23.7 Å². The minimum atomic E-state index is -0.443. The summed E-state index contributed by atoms with van der Waals surface area (Å²) < 4.78 is 20.0. The van der Waals surface area contributed by atoms with Gasteiger partial charge in [0.25, 0.3) is 5.91 Å². The number of para-hydroxylation sites is 1. The lowest BCUT2D eigenvalue weighted by atomic mass is 10.00. The van der Waals surface area contributed by atoms with Gasteiger partial charge in [0.2, 0.25) is 5.91 Å². The highest BCUT2D eigenvalue weighted by Gasteiger charge is 2.34. The number of fused-ring (bicyclic) bond motifs is 1. The second-order valence-corrected chi connectivity index (χ2v) is 10.5. The van der Waals surface area contributed by atoms with Crippen molar-refractivity contribution < 1.29 is 18.7 Å². The molecular weight excluding hydrogens is 499 g/mol. The predicted molar refractivity (Wildman–Crippen MR) is 141 cm³/mol. The summed E-state index contributed by atoms with van der Waals surface area (Å²) in [5, 5.41) is 2.37. The lowest BCUT2D eigenvalue weighted by molar-refractivity contribution is -0.135. The number of carbonyl (C=O) groups is 2. The molecule has 190 valence electrons. The highest BCUT2D eigenvalue weighted by atomic mass is 35.5. The highest BCUT2D eigenvalue weighted by molar-refractivity contribution is 7.10. The average Bonchev–Trinajstić information content (AvgIpc) is 3.36. The van der Waals surface area contributed by atoms with E-state index in [4.69, 9.17) is 16.3 Å². The average molecular weight is 529 g/mol. The molecule has 4 rings (SSSR count). The first-order valence-electron chi connectivity index (χ1n) is 12.2. The van der Waals surface area contributed by atoms with Crippen LogP contribution in [0.1, 0.15) is 47.1 Å². The molecule has 0 saturated heterocycles. The SMILES string of the molecule is CCC(C)CN(CC(=O)N1CCc2sccc2C1COc1ccccc1F)C(=O)c1ccccc1Cl. The van der Waals surface area contributed by atoms with E-state index in [1.54, 1.807) is 63.6 Å². The summed E-state index contributed by atoms with van der Waals surface area (Å²) in [6, 6.07) is 14.8. The molecule has 1 aromatic heterocycles. The molecular formula is C28H30ClFN2O3S. The largest absolute Gasteiger partial charge is 0.488 e. The van der Waals surface area contributed by atoms with Crippen LogP contribution in [0.3, 0.4) is 0 Å². The Balaban J connectivity index is 1.56. The molecule has 0 aliphatic carbocycles. The Morgan fingerprint density at radius 3 is 2.69 bits per heavy atom. The molecule has 2 atom stereocenters. The summed E-state index contributed by atoms with van der Waals surface area (Å²) in [6.07, 6.45) is 1.61. The zero-order chi connectivity index (χ0) is 25.7. The predicted octanol–water partition coefficient (Wildman–Crippen LogP) is 6.23. The summed E-state index contributed by atoms with van der Waals surface area (Å²) >= 11 is 7.96. The molecule has 3 aromatic rings. The molecule has 1 aliphatic heterocycles. The van der Waals surface area contributed by atoms with Crippen molar-refractivity contribution in [3.8, 4) is 5.75 Å². The number of carbonyl (C=O) groups excluding carboxylic acids is 2. The molecule has 0 fully saturated rings. The van der Waals surface area contributed by atoms with Gasteiger partial charge >= 0.3 is 0 Å². The molecule has 0 saturated carbocycles. The molecule has 1 aliphatic rings. The third-order valence-corrected chi connectivity index (χ3v) is 7.92. The van der Waals surface area contributed by atoms with Crippen molar-refractivity contribution in [3.63, 3.8) is 0 Å². The van der Waals surface area contributed by atoms with E-state index in [1.807, 2.05) is 11.4 Å². The molecule has 2 amide bonds. The van der Waals surface area contributed by atoms with E-state index in [0.717, 1.165) is 18.4 Å². The van der Waals surface area contributed by atoms with Crippen molar-refractivity contribution in [2.75, 3.05) is 26.2 Å². The van der Waals surface area contributed by atoms with Crippen LogP contribution in [0, 0.1) is 11.7 Å². The third-order valence-electron chi connectivity index (χ3n) is 6.60. The van der Waals surface area contributed by atoms with Crippen LogP contribution in [-0.2, 0) is 11.2 Å². The van der Waals surface area contributed by atoms with Gasteiger partial charge in [-0.25, -0.2) is 4.39 Å². The van der Waals surface area contributed by atoms with Gasteiger partial charge < -0.3 is 14.5 Å². The van der Waals surface area contributed by atoms with Crippen molar-refractivity contribution in [1.29, 1.82) is 0 Å². The van der Waals surface area contributed by atoms with Gasteiger partial charge in [-0.05, 0) is 53.6 Å². The summed E-state index contributed by atoms with van der Waals surface area (Å²) in [6.45, 7) is 5.13. The van der Waals surface area contributed by atoms with E-state index < -0.39 is 5.82 Å². The molecule has 0 N–H and O–H groups in total. The van der Waals surface area contributed by atoms with Crippen molar-refractivity contribution in [1.82, 2.24) is 9.80 Å². The molecule has 0 spiro atoms. The summed E-state index contributed by atoms with van der Waals surface area (Å²) in [5.41, 5.74) is 1.40. The van der Waals surface area contributed by atoms with E-state index in [9.17, 15) is 14.0 Å². The fraction of sp³-hybridized carbons (Fsp3) is 0.357. The van der Waals surface area contributed by atoms with Crippen LogP contribution in [0.5, 0.6) is 5.75 Å². The molecule has 2 aromatic carbocycles. The van der Waals surface area contributed by atoms with Crippen molar-refractivity contribution in [2.45, 2.75) is 32.7 Å². The van der Waals surface area contributed by atoms with Gasteiger partial charge in [0.05, 0.1) is 16.6 Å². The molecule has 2 heterocycles. The number of nitrogens with zero attached hydrogens (tertiary/aromatic N) is 2. The van der Waals surface area contributed by atoms with Crippen LogP contribution in [0.15, 0.2) is 60.0 Å². The van der Waals surface area contributed by atoms with Crippen LogP contribution in [0.4, 0.5) is 4.39 Å². The molecule has 0 radical (unpaired) electrons. The number of rotatable bonds is 9. The third kappa shape index (κ3) is 5.90. The van der Waals surface area contributed by atoms with E-state index >= 15 is 0 Å². The Bertz CT molecular complexity index is 1220. The molecule has 36 heavy (non-hydrogen) atoms. The van der Waals surface area contributed by atoms with Gasteiger partial charge in [-0.1, -0.05) is 56.1 Å². The van der Waals surface area contributed by atoms with Gasteiger partial charge in [0.15, 0.2) is 11.6 Å². The maximum absolute atomic E-state index is 14.2. The Labute approximate surface area is 220 Å². The van der Waals surface area contributed by atoms with Gasteiger partial charge in [-0.15, -0.1) is 11.3 Å². The lowest BCUT2D eigenvalue weighted by Crippen LogP contribution is -2.48. The maximum Gasteiger partial charge on any atom is 0.255 e. The zero-order valence-electron chi connectivity index (χ0n) is 20.5. The van der Waals surface area contributed by atoms with E-state index in [2.05, 4.69) is 13.8 Å². The molecule has 0 bridgehead atoms. The van der Waals surface area contributed by atoms with Crippen molar-refractivity contribution >= 4 is 34.8 Å². The maximum atomic E-state index is 14.2. The van der Waals surface area contributed by atoms with Gasteiger partial charge in [-0.2, -0.15) is 0 Å². The normalized spacial score (nSPS) is 15.8. The lowest BCUT2D eigenvalue weighted by Gasteiger charge is -2.37.